The molecule has 3 atom stereocenters. The molecule has 2 rings (SSSR count). The van der Waals surface area contributed by atoms with Crippen LogP contribution in [0, 0.1) is 5.92 Å². The molecule has 0 aliphatic carbocycles. The fraction of sp³-hybridized carbons (Fsp3) is 0.611. The summed E-state index contributed by atoms with van der Waals surface area (Å²) in [5.41, 5.74) is 0.932. The van der Waals surface area contributed by atoms with Crippen LogP contribution in [0.1, 0.15) is 45.2 Å². The van der Waals surface area contributed by atoms with Crippen molar-refractivity contribution in [3.05, 3.63) is 34.9 Å². The first-order valence-electron chi connectivity index (χ1n) is 8.49. The number of nitrogens with one attached hydrogen (secondary N) is 2. The standard InChI is InChI=1S/C18H28ClN3O/c1-13-7-6-10-22(11-13)12-14(2)20-18(23)21-15(3)16-8-4-5-9-17(16)19/h4-5,8-9,13-15H,6-7,10-12H2,1-3H3,(H2,20,21,23). The normalized spacial score (nSPS) is 21.5. The first kappa shape index (κ1) is 18.1. The highest BCUT2D eigenvalue weighted by Crippen LogP contribution is 2.22. The maximum absolute atomic E-state index is 12.2. The van der Waals surface area contributed by atoms with Gasteiger partial charge in [-0.3, -0.25) is 0 Å². The van der Waals surface area contributed by atoms with Gasteiger partial charge in [0, 0.05) is 24.2 Å². The lowest BCUT2D eigenvalue weighted by Crippen LogP contribution is -2.48. The molecule has 1 aliphatic heterocycles. The van der Waals surface area contributed by atoms with Gasteiger partial charge in [-0.05, 0) is 50.8 Å². The highest BCUT2D eigenvalue weighted by Gasteiger charge is 2.19. The van der Waals surface area contributed by atoms with E-state index in [2.05, 4.69) is 29.4 Å². The maximum Gasteiger partial charge on any atom is 0.315 e. The number of piperidine rings is 1. The molecule has 128 valence electrons. The van der Waals surface area contributed by atoms with E-state index >= 15 is 0 Å². The van der Waals surface area contributed by atoms with E-state index in [4.69, 9.17) is 11.6 Å². The van der Waals surface area contributed by atoms with E-state index in [-0.39, 0.29) is 18.1 Å². The van der Waals surface area contributed by atoms with Crippen molar-refractivity contribution in [2.24, 2.45) is 5.92 Å². The molecule has 2 N–H and O–H groups in total. The summed E-state index contributed by atoms with van der Waals surface area (Å²) in [4.78, 5) is 14.6. The minimum absolute atomic E-state index is 0.120. The predicted octanol–water partition coefficient (Wildman–Crippen LogP) is 3.82. The van der Waals surface area contributed by atoms with Gasteiger partial charge in [0.15, 0.2) is 0 Å². The zero-order chi connectivity index (χ0) is 16.8. The van der Waals surface area contributed by atoms with Gasteiger partial charge >= 0.3 is 6.03 Å². The van der Waals surface area contributed by atoms with Gasteiger partial charge in [-0.25, -0.2) is 4.79 Å². The lowest BCUT2D eigenvalue weighted by molar-refractivity contribution is 0.169. The molecular weight excluding hydrogens is 310 g/mol. The molecular formula is C18H28ClN3O. The second kappa shape index (κ2) is 8.55. The van der Waals surface area contributed by atoms with E-state index in [9.17, 15) is 4.79 Å². The molecule has 0 radical (unpaired) electrons. The third-order valence-electron chi connectivity index (χ3n) is 4.37. The first-order valence-corrected chi connectivity index (χ1v) is 8.87. The minimum atomic E-state index is -0.144. The Morgan fingerprint density at radius 1 is 1.35 bits per heavy atom. The van der Waals surface area contributed by atoms with E-state index in [1.807, 2.05) is 31.2 Å². The second-order valence-electron chi connectivity index (χ2n) is 6.77. The number of carbonyl (C=O) groups is 1. The van der Waals surface area contributed by atoms with Crippen molar-refractivity contribution in [2.45, 2.75) is 45.7 Å². The topological polar surface area (TPSA) is 44.4 Å². The van der Waals surface area contributed by atoms with Crippen LogP contribution < -0.4 is 10.6 Å². The maximum atomic E-state index is 12.2. The van der Waals surface area contributed by atoms with Crippen LogP contribution in [0.25, 0.3) is 0 Å². The second-order valence-corrected chi connectivity index (χ2v) is 7.18. The molecule has 1 heterocycles. The van der Waals surface area contributed by atoms with Crippen LogP contribution in [0.3, 0.4) is 0 Å². The molecule has 0 saturated carbocycles. The van der Waals surface area contributed by atoms with Gasteiger partial charge in [0.1, 0.15) is 0 Å². The summed E-state index contributed by atoms with van der Waals surface area (Å²) in [7, 11) is 0. The SMILES string of the molecule is CC1CCCN(CC(C)NC(=O)NC(C)c2ccccc2Cl)C1. The van der Waals surface area contributed by atoms with Gasteiger partial charge in [0.05, 0.1) is 6.04 Å². The van der Waals surface area contributed by atoms with Crippen LogP contribution in [-0.4, -0.2) is 36.6 Å². The number of nitrogens with zero attached hydrogens (tertiary/aromatic N) is 1. The fourth-order valence-electron chi connectivity index (χ4n) is 3.25. The van der Waals surface area contributed by atoms with E-state index in [0.29, 0.717) is 5.02 Å². The van der Waals surface area contributed by atoms with Gasteiger partial charge in [0.2, 0.25) is 0 Å². The predicted molar refractivity (Wildman–Crippen MR) is 95.8 cm³/mol. The summed E-state index contributed by atoms with van der Waals surface area (Å²) < 4.78 is 0. The third kappa shape index (κ3) is 5.70. The largest absolute Gasteiger partial charge is 0.334 e. The van der Waals surface area contributed by atoms with Gasteiger partial charge in [-0.15, -0.1) is 0 Å². The molecule has 1 fully saturated rings. The lowest BCUT2D eigenvalue weighted by Gasteiger charge is -2.33. The Morgan fingerprint density at radius 2 is 2.09 bits per heavy atom. The molecule has 1 aliphatic rings. The highest BCUT2D eigenvalue weighted by atomic mass is 35.5. The van der Waals surface area contributed by atoms with Gasteiger partial charge in [-0.2, -0.15) is 0 Å². The zero-order valence-corrected chi connectivity index (χ0v) is 15.1. The molecule has 2 amide bonds. The monoisotopic (exact) mass is 337 g/mol. The molecule has 3 unspecified atom stereocenters. The summed E-state index contributed by atoms with van der Waals surface area (Å²) in [6.07, 6.45) is 2.57. The van der Waals surface area contributed by atoms with Crippen LogP contribution in [0.5, 0.6) is 0 Å². The van der Waals surface area contributed by atoms with Crippen LogP contribution in [0.15, 0.2) is 24.3 Å². The Morgan fingerprint density at radius 3 is 2.78 bits per heavy atom. The Bertz CT molecular complexity index is 523. The van der Waals surface area contributed by atoms with E-state index in [0.717, 1.165) is 31.1 Å². The van der Waals surface area contributed by atoms with Gasteiger partial charge in [-0.1, -0.05) is 36.7 Å². The van der Waals surface area contributed by atoms with Crippen molar-refractivity contribution in [3.63, 3.8) is 0 Å². The van der Waals surface area contributed by atoms with Crippen LogP contribution in [0.2, 0.25) is 5.02 Å². The van der Waals surface area contributed by atoms with Crippen molar-refractivity contribution >= 4 is 17.6 Å². The number of rotatable bonds is 5. The zero-order valence-electron chi connectivity index (χ0n) is 14.3. The van der Waals surface area contributed by atoms with Gasteiger partial charge in [0.25, 0.3) is 0 Å². The van der Waals surface area contributed by atoms with Crippen molar-refractivity contribution in [1.29, 1.82) is 0 Å². The molecule has 1 aromatic rings. The smallest absolute Gasteiger partial charge is 0.315 e. The molecule has 1 saturated heterocycles. The number of amides is 2. The summed E-state index contributed by atoms with van der Waals surface area (Å²) in [6, 6.07) is 7.45. The van der Waals surface area contributed by atoms with Crippen molar-refractivity contribution in [2.75, 3.05) is 19.6 Å². The van der Waals surface area contributed by atoms with Crippen molar-refractivity contribution < 1.29 is 4.79 Å². The Labute approximate surface area is 144 Å². The van der Waals surface area contributed by atoms with E-state index in [1.165, 1.54) is 12.8 Å². The van der Waals surface area contributed by atoms with Crippen molar-refractivity contribution in [3.8, 4) is 0 Å². The minimum Gasteiger partial charge on any atom is -0.334 e. The average Bonchev–Trinajstić information content (AvgIpc) is 2.47. The summed E-state index contributed by atoms with van der Waals surface area (Å²) in [5, 5.41) is 6.66. The number of hydrogen-bond acceptors (Lipinski definition) is 2. The van der Waals surface area contributed by atoms with Crippen LogP contribution >= 0.6 is 11.6 Å². The Hall–Kier alpha value is -1.26. The van der Waals surface area contributed by atoms with Gasteiger partial charge < -0.3 is 15.5 Å². The fourth-order valence-corrected chi connectivity index (χ4v) is 3.55. The molecule has 0 bridgehead atoms. The number of hydrogen-bond donors (Lipinski definition) is 2. The first-order chi connectivity index (χ1) is 11.0. The number of halogens is 1. The molecule has 4 nitrogen and oxygen atoms in total. The number of urea groups is 1. The number of likely N-dealkylation sites (tertiary alicyclic amines) is 1. The third-order valence-corrected chi connectivity index (χ3v) is 4.71. The lowest BCUT2D eigenvalue weighted by atomic mass is 10.00. The quantitative estimate of drug-likeness (QED) is 0.857. The van der Waals surface area contributed by atoms with E-state index in [1.54, 1.807) is 0 Å². The summed E-state index contributed by atoms with van der Waals surface area (Å²) >= 11 is 6.17. The van der Waals surface area contributed by atoms with E-state index < -0.39 is 0 Å². The molecule has 0 spiro atoms. The molecule has 1 aromatic carbocycles. The number of carbonyl (C=O) groups excluding carboxylic acids is 1. The average molecular weight is 338 g/mol. The van der Waals surface area contributed by atoms with Crippen LogP contribution in [0.4, 0.5) is 4.79 Å². The van der Waals surface area contributed by atoms with Crippen molar-refractivity contribution in [1.82, 2.24) is 15.5 Å². The Kier molecular flexibility index (Phi) is 6.72. The summed E-state index contributed by atoms with van der Waals surface area (Å²) in [6.45, 7) is 9.45. The van der Waals surface area contributed by atoms with Crippen LogP contribution in [-0.2, 0) is 0 Å². The summed E-state index contributed by atoms with van der Waals surface area (Å²) in [5.74, 6) is 0.755. The molecule has 23 heavy (non-hydrogen) atoms. The molecule has 0 aromatic heterocycles. The number of benzene rings is 1. The Balaban J connectivity index is 1.78. The molecule has 5 heteroatoms. The highest BCUT2D eigenvalue weighted by molar-refractivity contribution is 6.31.